The van der Waals surface area contributed by atoms with Gasteiger partial charge in [-0.25, -0.2) is 0 Å². The molecule has 1 aromatic rings. The van der Waals surface area contributed by atoms with Gasteiger partial charge in [0.25, 0.3) is 0 Å². The van der Waals surface area contributed by atoms with Gasteiger partial charge in [-0.3, -0.25) is 4.90 Å². The highest BCUT2D eigenvalue weighted by Gasteiger charge is 2.31. The molecule has 1 aromatic carbocycles. The van der Waals surface area contributed by atoms with Gasteiger partial charge in [-0.2, -0.15) is 0 Å². The Morgan fingerprint density at radius 3 is 2.72 bits per heavy atom. The standard InChI is InChI=1S/C15H23BrN2/c1-15(2,3)12-7-8-18(10-12)9-11-5-4-6-13(17)14(11)16/h4-6,12H,7-10,17H2,1-3H3. The fraction of sp³-hybridized carbons (Fsp3) is 0.600. The minimum Gasteiger partial charge on any atom is -0.398 e. The molecule has 2 rings (SSSR count). The molecule has 0 bridgehead atoms. The van der Waals surface area contributed by atoms with Crippen LogP contribution in [0, 0.1) is 11.3 Å². The molecule has 0 saturated carbocycles. The van der Waals surface area contributed by atoms with E-state index in [1.807, 2.05) is 12.1 Å². The van der Waals surface area contributed by atoms with Gasteiger partial charge in [0.1, 0.15) is 0 Å². The summed E-state index contributed by atoms with van der Waals surface area (Å²) in [6.45, 7) is 10.4. The summed E-state index contributed by atoms with van der Waals surface area (Å²) in [4.78, 5) is 2.54. The van der Waals surface area contributed by atoms with Crippen molar-refractivity contribution in [1.29, 1.82) is 0 Å². The largest absolute Gasteiger partial charge is 0.398 e. The lowest BCUT2D eigenvalue weighted by molar-refractivity contribution is 0.226. The second-order valence-corrected chi connectivity index (χ2v) is 7.20. The van der Waals surface area contributed by atoms with Crippen LogP contribution in [-0.2, 0) is 6.54 Å². The molecule has 2 N–H and O–H groups in total. The van der Waals surface area contributed by atoms with Crippen LogP contribution < -0.4 is 5.73 Å². The topological polar surface area (TPSA) is 29.3 Å². The van der Waals surface area contributed by atoms with Gasteiger partial charge in [0, 0.05) is 23.2 Å². The quantitative estimate of drug-likeness (QED) is 0.839. The maximum Gasteiger partial charge on any atom is 0.0461 e. The molecule has 1 aliphatic rings. The highest BCUT2D eigenvalue weighted by atomic mass is 79.9. The number of anilines is 1. The molecule has 1 aliphatic heterocycles. The van der Waals surface area contributed by atoms with E-state index in [-0.39, 0.29) is 0 Å². The molecule has 0 amide bonds. The normalized spacial score (nSPS) is 21.4. The van der Waals surface area contributed by atoms with Crippen molar-refractivity contribution in [3.05, 3.63) is 28.2 Å². The van der Waals surface area contributed by atoms with Crippen molar-refractivity contribution in [2.45, 2.75) is 33.7 Å². The summed E-state index contributed by atoms with van der Waals surface area (Å²) in [5.74, 6) is 0.803. The summed E-state index contributed by atoms with van der Waals surface area (Å²) in [6, 6.07) is 6.13. The van der Waals surface area contributed by atoms with Gasteiger partial charge in [-0.1, -0.05) is 32.9 Å². The van der Waals surface area contributed by atoms with Crippen LogP contribution in [0.5, 0.6) is 0 Å². The molecule has 0 aromatic heterocycles. The smallest absolute Gasteiger partial charge is 0.0461 e. The Bertz CT molecular complexity index is 423. The minimum atomic E-state index is 0.418. The number of likely N-dealkylation sites (tertiary alicyclic amines) is 1. The Labute approximate surface area is 119 Å². The monoisotopic (exact) mass is 310 g/mol. The minimum absolute atomic E-state index is 0.418. The zero-order valence-corrected chi connectivity index (χ0v) is 13.1. The van der Waals surface area contributed by atoms with Crippen LogP contribution >= 0.6 is 15.9 Å². The number of rotatable bonds is 2. The van der Waals surface area contributed by atoms with E-state index in [1.54, 1.807) is 0 Å². The Hall–Kier alpha value is -0.540. The van der Waals surface area contributed by atoms with Crippen molar-refractivity contribution in [3.8, 4) is 0 Å². The van der Waals surface area contributed by atoms with E-state index in [1.165, 1.54) is 25.1 Å². The first kappa shape index (κ1) is 13.9. The SMILES string of the molecule is CC(C)(C)C1CCN(Cc2cccc(N)c2Br)C1. The van der Waals surface area contributed by atoms with E-state index in [4.69, 9.17) is 5.73 Å². The predicted molar refractivity (Wildman–Crippen MR) is 81.4 cm³/mol. The summed E-state index contributed by atoms with van der Waals surface area (Å²) >= 11 is 3.59. The first-order valence-electron chi connectivity index (χ1n) is 6.63. The molecular formula is C15H23BrN2. The van der Waals surface area contributed by atoms with Gasteiger partial charge in [-0.15, -0.1) is 0 Å². The lowest BCUT2D eigenvalue weighted by Gasteiger charge is -2.27. The number of hydrogen-bond donors (Lipinski definition) is 1. The van der Waals surface area contributed by atoms with Crippen LogP contribution in [0.2, 0.25) is 0 Å². The van der Waals surface area contributed by atoms with Crippen LogP contribution in [0.15, 0.2) is 22.7 Å². The predicted octanol–water partition coefficient (Wildman–Crippen LogP) is 3.90. The molecular weight excluding hydrogens is 288 g/mol. The highest BCUT2D eigenvalue weighted by molar-refractivity contribution is 9.10. The lowest BCUT2D eigenvalue weighted by Crippen LogP contribution is -2.25. The Balaban J connectivity index is 2.02. The van der Waals surface area contributed by atoms with Gasteiger partial charge in [-0.05, 0) is 51.9 Å². The molecule has 3 heteroatoms. The number of nitrogens with two attached hydrogens (primary N) is 1. The number of benzene rings is 1. The number of nitrogens with zero attached hydrogens (tertiary/aromatic N) is 1. The summed E-state index contributed by atoms with van der Waals surface area (Å²) in [6.07, 6.45) is 1.31. The molecule has 0 spiro atoms. The third kappa shape index (κ3) is 3.07. The van der Waals surface area contributed by atoms with Crippen LogP contribution in [0.25, 0.3) is 0 Å². The molecule has 2 nitrogen and oxygen atoms in total. The van der Waals surface area contributed by atoms with E-state index in [9.17, 15) is 0 Å². The molecule has 100 valence electrons. The Morgan fingerprint density at radius 2 is 2.11 bits per heavy atom. The maximum absolute atomic E-state index is 5.93. The highest BCUT2D eigenvalue weighted by Crippen LogP contribution is 2.35. The van der Waals surface area contributed by atoms with Crippen LogP contribution in [0.3, 0.4) is 0 Å². The molecule has 1 heterocycles. The van der Waals surface area contributed by atoms with Gasteiger partial charge >= 0.3 is 0 Å². The van der Waals surface area contributed by atoms with E-state index in [0.29, 0.717) is 5.41 Å². The van der Waals surface area contributed by atoms with Gasteiger partial charge in [0.05, 0.1) is 0 Å². The molecule has 1 unspecified atom stereocenters. The van der Waals surface area contributed by atoms with E-state index >= 15 is 0 Å². The summed E-state index contributed by atoms with van der Waals surface area (Å²) in [5.41, 5.74) is 8.47. The molecule has 1 fully saturated rings. The van der Waals surface area contributed by atoms with Crippen LogP contribution in [0.1, 0.15) is 32.8 Å². The van der Waals surface area contributed by atoms with E-state index in [2.05, 4.69) is 47.7 Å². The van der Waals surface area contributed by atoms with E-state index < -0.39 is 0 Å². The second kappa shape index (κ2) is 5.22. The second-order valence-electron chi connectivity index (χ2n) is 6.41. The summed E-state index contributed by atoms with van der Waals surface area (Å²) in [7, 11) is 0. The molecule has 1 atom stereocenters. The van der Waals surface area contributed by atoms with Crippen molar-refractivity contribution in [1.82, 2.24) is 4.90 Å². The van der Waals surface area contributed by atoms with Gasteiger partial charge in [0.15, 0.2) is 0 Å². The molecule has 18 heavy (non-hydrogen) atoms. The lowest BCUT2D eigenvalue weighted by atomic mass is 9.80. The van der Waals surface area contributed by atoms with E-state index in [0.717, 1.165) is 22.6 Å². The first-order valence-corrected chi connectivity index (χ1v) is 7.42. The molecule has 0 aliphatic carbocycles. The third-order valence-corrected chi connectivity index (χ3v) is 4.97. The van der Waals surface area contributed by atoms with Crippen LogP contribution in [0.4, 0.5) is 5.69 Å². The average Bonchev–Trinajstić information content (AvgIpc) is 2.73. The van der Waals surface area contributed by atoms with Gasteiger partial charge < -0.3 is 5.73 Å². The zero-order valence-electron chi connectivity index (χ0n) is 11.5. The van der Waals surface area contributed by atoms with Crippen molar-refractivity contribution in [2.24, 2.45) is 11.3 Å². The summed E-state index contributed by atoms with van der Waals surface area (Å²) in [5, 5.41) is 0. The van der Waals surface area contributed by atoms with Crippen molar-refractivity contribution < 1.29 is 0 Å². The van der Waals surface area contributed by atoms with Crippen LogP contribution in [-0.4, -0.2) is 18.0 Å². The average molecular weight is 311 g/mol. The number of halogens is 1. The maximum atomic E-state index is 5.93. The van der Waals surface area contributed by atoms with Gasteiger partial charge in [0.2, 0.25) is 0 Å². The Kier molecular flexibility index (Phi) is 4.02. The fourth-order valence-corrected chi connectivity index (χ4v) is 3.04. The Morgan fingerprint density at radius 1 is 1.39 bits per heavy atom. The molecule has 1 saturated heterocycles. The fourth-order valence-electron chi connectivity index (χ4n) is 2.65. The molecule has 0 radical (unpaired) electrons. The summed E-state index contributed by atoms with van der Waals surface area (Å²) < 4.78 is 1.06. The number of nitrogen functional groups attached to an aromatic ring is 1. The first-order chi connectivity index (χ1) is 8.38. The van der Waals surface area contributed by atoms with Crippen molar-refractivity contribution in [3.63, 3.8) is 0 Å². The van der Waals surface area contributed by atoms with Crippen molar-refractivity contribution in [2.75, 3.05) is 18.8 Å². The third-order valence-electron chi connectivity index (χ3n) is 4.00. The zero-order chi connectivity index (χ0) is 13.3. The number of hydrogen-bond acceptors (Lipinski definition) is 2. The van der Waals surface area contributed by atoms with Crippen molar-refractivity contribution >= 4 is 21.6 Å².